The third-order valence-electron chi connectivity index (χ3n) is 2.85. The number of fused-ring (bicyclic) bond motifs is 1. The van der Waals surface area contributed by atoms with Crippen molar-refractivity contribution >= 4 is 22.6 Å². The normalized spacial score (nSPS) is 20.0. The average molecular weight is 290 g/mol. The Kier molecular flexibility index (Phi) is 2.17. The molecule has 0 saturated carbocycles. The fourth-order valence-electron chi connectivity index (χ4n) is 1.99. The van der Waals surface area contributed by atoms with Crippen LogP contribution in [0.3, 0.4) is 0 Å². The molecule has 0 N–H and O–H groups in total. The molecule has 1 heterocycles. The van der Waals surface area contributed by atoms with Crippen molar-refractivity contribution in [2.45, 2.75) is 33.1 Å². The van der Waals surface area contributed by atoms with Crippen LogP contribution in [0, 0.1) is 9.12 Å². The molecule has 3 heteroatoms. The van der Waals surface area contributed by atoms with Gasteiger partial charge in [-0.1, -0.05) is 13.8 Å². The summed E-state index contributed by atoms with van der Waals surface area (Å²) in [5, 5.41) is 4.56. The van der Waals surface area contributed by atoms with E-state index >= 15 is 0 Å². The first kappa shape index (κ1) is 9.49. The highest BCUT2D eigenvalue weighted by atomic mass is 127. The Morgan fingerprint density at radius 1 is 1.46 bits per heavy atom. The summed E-state index contributed by atoms with van der Waals surface area (Å²) in [4.78, 5) is 0. The molecular weight excluding hydrogens is 275 g/mol. The van der Waals surface area contributed by atoms with Crippen molar-refractivity contribution in [2.24, 2.45) is 12.5 Å². The fraction of sp³-hybridized carbons (Fsp3) is 0.700. The second-order valence-corrected chi connectivity index (χ2v) is 5.70. The van der Waals surface area contributed by atoms with E-state index in [-0.39, 0.29) is 0 Å². The number of halogens is 1. The maximum atomic E-state index is 4.56. The molecule has 1 aromatic rings. The predicted octanol–water partition coefficient (Wildman–Crippen LogP) is 2.54. The van der Waals surface area contributed by atoms with Crippen LogP contribution in [0.5, 0.6) is 0 Å². The first-order valence-electron chi connectivity index (χ1n) is 4.70. The van der Waals surface area contributed by atoms with Crippen LogP contribution in [0.2, 0.25) is 0 Å². The third kappa shape index (κ3) is 1.63. The van der Waals surface area contributed by atoms with E-state index in [4.69, 9.17) is 0 Å². The molecule has 0 saturated heterocycles. The molecule has 1 aliphatic rings. The molecule has 0 spiro atoms. The monoisotopic (exact) mass is 290 g/mol. The second-order valence-electron chi connectivity index (χ2n) is 4.68. The van der Waals surface area contributed by atoms with E-state index in [0.29, 0.717) is 5.41 Å². The van der Waals surface area contributed by atoms with E-state index in [9.17, 15) is 0 Å². The lowest BCUT2D eigenvalue weighted by Crippen LogP contribution is -2.21. The van der Waals surface area contributed by atoms with E-state index in [1.807, 2.05) is 11.7 Å². The minimum absolute atomic E-state index is 0.449. The molecule has 0 unspecified atom stereocenters. The molecule has 1 aliphatic carbocycles. The van der Waals surface area contributed by atoms with Crippen molar-refractivity contribution in [1.29, 1.82) is 0 Å². The number of hydrogen-bond acceptors (Lipinski definition) is 1. The molecular formula is C10H15IN2. The Hall–Kier alpha value is -0.0600. The molecule has 1 aromatic heterocycles. The second kappa shape index (κ2) is 2.97. The molecule has 72 valence electrons. The predicted molar refractivity (Wildman–Crippen MR) is 61.7 cm³/mol. The van der Waals surface area contributed by atoms with E-state index < -0.39 is 0 Å². The molecule has 0 aromatic carbocycles. The van der Waals surface area contributed by atoms with E-state index in [1.54, 1.807) is 0 Å². The molecule has 2 rings (SSSR count). The third-order valence-corrected chi connectivity index (χ3v) is 4.20. The van der Waals surface area contributed by atoms with Gasteiger partial charge in [0, 0.05) is 12.6 Å². The molecule has 0 fully saturated rings. The fourth-order valence-corrected chi connectivity index (χ4v) is 2.68. The van der Waals surface area contributed by atoms with Gasteiger partial charge in [0.1, 0.15) is 3.70 Å². The standard InChI is InChI=1S/C10H15IN2/c1-10(2)5-4-7-8(6-10)12-13(3)9(7)11/h4-6H2,1-3H3. The summed E-state index contributed by atoms with van der Waals surface area (Å²) in [5.74, 6) is 0. The number of aryl methyl sites for hydroxylation is 1. The zero-order valence-electron chi connectivity index (χ0n) is 8.39. The summed E-state index contributed by atoms with van der Waals surface area (Å²) in [6.07, 6.45) is 3.63. The maximum Gasteiger partial charge on any atom is 0.102 e. The van der Waals surface area contributed by atoms with Crippen molar-refractivity contribution < 1.29 is 0 Å². The van der Waals surface area contributed by atoms with Crippen molar-refractivity contribution in [3.05, 3.63) is 15.0 Å². The molecule has 0 atom stereocenters. The first-order valence-corrected chi connectivity index (χ1v) is 5.78. The van der Waals surface area contributed by atoms with Crippen LogP contribution >= 0.6 is 22.6 Å². The molecule has 0 radical (unpaired) electrons. The van der Waals surface area contributed by atoms with Crippen LogP contribution in [-0.4, -0.2) is 9.78 Å². The molecule has 0 amide bonds. The van der Waals surface area contributed by atoms with Crippen LogP contribution in [-0.2, 0) is 19.9 Å². The van der Waals surface area contributed by atoms with Crippen molar-refractivity contribution in [3.8, 4) is 0 Å². The Balaban J connectivity index is 2.42. The summed E-state index contributed by atoms with van der Waals surface area (Å²) in [6, 6.07) is 0. The van der Waals surface area contributed by atoms with Gasteiger partial charge in [0.2, 0.25) is 0 Å². The van der Waals surface area contributed by atoms with Gasteiger partial charge < -0.3 is 0 Å². The van der Waals surface area contributed by atoms with E-state index in [1.165, 1.54) is 27.8 Å². The van der Waals surface area contributed by atoms with Crippen LogP contribution < -0.4 is 0 Å². The van der Waals surface area contributed by atoms with Crippen LogP contribution in [0.1, 0.15) is 31.5 Å². The minimum atomic E-state index is 0.449. The zero-order valence-corrected chi connectivity index (χ0v) is 10.6. The SMILES string of the molecule is Cn1nc2c(c1I)CCC(C)(C)C2. The first-order chi connectivity index (χ1) is 5.99. The van der Waals surface area contributed by atoms with Gasteiger partial charge in [-0.15, -0.1) is 0 Å². The Bertz CT molecular complexity index is 339. The van der Waals surface area contributed by atoms with E-state index in [0.717, 1.165) is 6.42 Å². The van der Waals surface area contributed by atoms with E-state index in [2.05, 4.69) is 41.5 Å². The quantitative estimate of drug-likeness (QED) is 0.671. The number of rotatable bonds is 0. The van der Waals surface area contributed by atoms with Gasteiger partial charge in [-0.05, 0) is 47.3 Å². The smallest absolute Gasteiger partial charge is 0.102 e. The maximum absolute atomic E-state index is 4.56. The lowest BCUT2D eigenvalue weighted by Gasteiger charge is -2.28. The Morgan fingerprint density at radius 2 is 2.15 bits per heavy atom. The lowest BCUT2D eigenvalue weighted by atomic mass is 9.77. The van der Waals surface area contributed by atoms with Gasteiger partial charge in [-0.3, -0.25) is 4.68 Å². The van der Waals surface area contributed by atoms with Crippen LogP contribution in [0.15, 0.2) is 0 Å². The highest BCUT2D eigenvalue weighted by Crippen LogP contribution is 2.35. The van der Waals surface area contributed by atoms with Gasteiger partial charge in [-0.2, -0.15) is 5.10 Å². The molecule has 0 aliphatic heterocycles. The summed E-state index contributed by atoms with van der Waals surface area (Å²) in [5.41, 5.74) is 3.26. The Labute approximate surface area is 92.8 Å². The molecule has 0 bridgehead atoms. The summed E-state index contributed by atoms with van der Waals surface area (Å²) >= 11 is 2.40. The summed E-state index contributed by atoms with van der Waals surface area (Å²) in [6.45, 7) is 4.66. The van der Waals surface area contributed by atoms with Crippen molar-refractivity contribution in [1.82, 2.24) is 9.78 Å². The Morgan fingerprint density at radius 3 is 2.85 bits per heavy atom. The van der Waals surface area contributed by atoms with Gasteiger partial charge in [-0.25, -0.2) is 0 Å². The largest absolute Gasteiger partial charge is 0.262 e. The van der Waals surface area contributed by atoms with Crippen LogP contribution in [0.25, 0.3) is 0 Å². The van der Waals surface area contributed by atoms with Crippen molar-refractivity contribution in [2.75, 3.05) is 0 Å². The molecule has 13 heavy (non-hydrogen) atoms. The number of aromatic nitrogens is 2. The highest BCUT2D eigenvalue weighted by Gasteiger charge is 2.29. The topological polar surface area (TPSA) is 17.8 Å². The zero-order chi connectivity index (χ0) is 9.64. The highest BCUT2D eigenvalue weighted by molar-refractivity contribution is 14.1. The van der Waals surface area contributed by atoms with Crippen molar-refractivity contribution in [3.63, 3.8) is 0 Å². The van der Waals surface area contributed by atoms with Gasteiger partial charge in [0.25, 0.3) is 0 Å². The number of hydrogen-bond donors (Lipinski definition) is 0. The van der Waals surface area contributed by atoms with Crippen LogP contribution in [0.4, 0.5) is 0 Å². The summed E-state index contributed by atoms with van der Waals surface area (Å²) < 4.78 is 3.33. The van der Waals surface area contributed by atoms with Gasteiger partial charge in [0.05, 0.1) is 5.69 Å². The van der Waals surface area contributed by atoms with Gasteiger partial charge >= 0.3 is 0 Å². The minimum Gasteiger partial charge on any atom is -0.262 e. The summed E-state index contributed by atoms with van der Waals surface area (Å²) in [7, 11) is 2.03. The molecule has 2 nitrogen and oxygen atoms in total. The number of nitrogens with zero attached hydrogens (tertiary/aromatic N) is 2. The average Bonchev–Trinajstić information content (AvgIpc) is 2.25. The van der Waals surface area contributed by atoms with Gasteiger partial charge in [0.15, 0.2) is 0 Å². The lowest BCUT2D eigenvalue weighted by molar-refractivity contribution is 0.311.